The molecule has 9 heteroatoms. The molecule has 31 heavy (non-hydrogen) atoms. The number of carbonyl (C=O) groups excluding carboxylic acids is 1. The lowest BCUT2D eigenvalue weighted by Crippen LogP contribution is -2.67. The molecule has 1 aliphatic carbocycles. The minimum absolute atomic E-state index is 0.128. The van der Waals surface area contributed by atoms with Crippen molar-refractivity contribution in [2.45, 2.75) is 25.2 Å². The number of methoxy groups -OCH3 is 1. The number of halogens is 3. The van der Waals surface area contributed by atoms with Crippen LogP contribution in [-0.2, 0) is 27.0 Å². The first kappa shape index (κ1) is 24.4. The van der Waals surface area contributed by atoms with Gasteiger partial charge in [0.2, 0.25) is 5.91 Å². The summed E-state index contributed by atoms with van der Waals surface area (Å²) in [5, 5.41) is 8.83. The van der Waals surface area contributed by atoms with Crippen LogP contribution in [0.1, 0.15) is 18.1 Å². The fourth-order valence-electron chi connectivity index (χ4n) is 3.56. The summed E-state index contributed by atoms with van der Waals surface area (Å²) in [5.41, 5.74) is 1.85. The lowest BCUT2D eigenvalue weighted by Gasteiger charge is -2.50. The van der Waals surface area contributed by atoms with E-state index in [1.54, 1.807) is 19.3 Å². The van der Waals surface area contributed by atoms with E-state index in [0.717, 1.165) is 19.1 Å². The smallest absolute Gasteiger partial charge is 0.416 e. The summed E-state index contributed by atoms with van der Waals surface area (Å²) in [5.74, 6) is -1.51. The number of hydrazine groups is 1. The average Bonchev–Trinajstić information content (AvgIpc) is 2.72. The van der Waals surface area contributed by atoms with E-state index in [2.05, 4.69) is 12.0 Å². The van der Waals surface area contributed by atoms with Gasteiger partial charge in [0.05, 0.1) is 18.0 Å². The number of alkyl halides is 3. The highest BCUT2D eigenvalue weighted by Gasteiger charge is 2.54. The highest BCUT2D eigenvalue weighted by Crippen LogP contribution is 2.40. The molecular formula is C22H25F3N2O4. The third kappa shape index (κ3) is 5.62. The maximum atomic E-state index is 12.8. The van der Waals surface area contributed by atoms with Gasteiger partial charge in [0.25, 0.3) is 5.97 Å². The SMILES string of the molecule is C=CC1C=CC=CC1(OC)[C@H]1CN(NCc2cccc(C(F)(F)F)c2)C1=O.CC(=O)O. The molecule has 1 aromatic carbocycles. The number of nitrogens with one attached hydrogen (secondary N) is 1. The van der Waals surface area contributed by atoms with E-state index in [0.29, 0.717) is 12.1 Å². The maximum Gasteiger partial charge on any atom is 0.416 e. The molecule has 1 heterocycles. The van der Waals surface area contributed by atoms with E-state index in [9.17, 15) is 18.0 Å². The number of ether oxygens (including phenoxy) is 1. The van der Waals surface area contributed by atoms with Gasteiger partial charge < -0.3 is 9.84 Å². The number of allylic oxidation sites excluding steroid dienone is 2. The summed E-state index contributed by atoms with van der Waals surface area (Å²) in [6, 6.07) is 5.04. The number of aliphatic carboxylic acids is 1. The van der Waals surface area contributed by atoms with Gasteiger partial charge in [-0.15, -0.1) is 6.58 Å². The zero-order chi connectivity index (χ0) is 23.2. The minimum Gasteiger partial charge on any atom is -0.481 e. The molecule has 3 rings (SSSR count). The Balaban J connectivity index is 0.000000785. The molecule has 0 aromatic heterocycles. The molecular weight excluding hydrogens is 413 g/mol. The van der Waals surface area contributed by atoms with Crippen LogP contribution in [0.2, 0.25) is 0 Å². The first-order chi connectivity index (χ1) is 14.5. The molecule has 168 valence electrons. The molecule has 0 spiro atoms. The number of benzene rings is 1. The molecule has 2 N–H and O–H groups in total. The quantitative estimate of drug-likeness (QED) is 0.525. The molecule has 1 aliphatic heterocycles. The van der Waals surface area contributed by atoms with Gasteiger partial charge >= 0.3 is 6.18 Å². The number of rotatable bonds is 6. The lowest BCUT2D eigenvalue weighted by atomic mass is 9.71. The van der Waals surface area contributed by atoms with Crippen molar-refractivity contribution in [2.24, 2.45) is 11.8 Å². The van der Waals surface area contributed by atoms with Crippen molar-refractivity contribution in [2.75, 3.05) is 13.7 Å². The standard InChI is InChI=1S/C20H21F3N2O2.C2H4O2/c1-3-15-8-4-5-10-19(15,27-2)17-13-25(18(17)26)24-12-14-7-6-9-16(11-14)20(21,22)23;1-2(3)4/h3-11,15,17,24H,1,12-13H2,2H3;1H3,(H,3,4)/t15?,17-,19?;/m0./s1. The summed E-state index contributed by atoms with van der Waals surface area (Å²) in [7, 11) is 1.56. The molecule has 6 nitrogen and oxygen atoms in total. The Labute approximate surface area is 178 Å². The first-order valence-electron chi connectivity index (χ1n) is 9.49. The molecule has 0 saturated carbocycles. The normalized spacial score (nSPS) is 24.8. The molecule has 2 unspecified atom stereocenters. The van der Waals surface area contributed by atoms with Crippen LogP contribution >= 0.6 is 0 Å². The van der Waals surface area contributed by atoms with Gasteiger partial charge in [-0.3, -0.25) is 14.6 Å². The summed E-state index contributed by atoms with van der Waals surface area (Å²) >= 11 is 0. The molecule has 1 amide bonds. The molecule has 1 saturated heterocycles. The zero-order valence-electron chi connectivity index (χ0n) is 17.2. The fourth-order valence-corrected chi connectivity index (χ4v) is 3.56. The first-order valence-corrected chi connectivity index (χ1v) is 9.49. The van der Waals surface area contributed by atoms with Gasteiger partial charge in [0, 0.05) is 26.5 Å². The van der Waals surface area contributed by atoms with E-state index in [-0.39, 0.29) is 24.3 Å². The minimum atomic E-state index is -4.39. The van der Waals surface area contributed by atoms with Crippen molar-refractivity contribution in [3.05, 3.63) is 72.4 Å². The van der Waals surface area contributed by atoms with Crippen LogP contribution < -0.4 is 5.43 Å². The topological polar surface area (TPSA) is 78.9 Å². The van der Waals surface area contributed by atoms with Gasteiger partial charge in [-0.1, -0.05) is 48.6 Å². The molecule has 3 atom stereocenters. The number of β-lactam (4-membered cyclic amide) rings is 1. The van der Waals surface area contributed by atoms with Crippen LogP contribution in [0.4, 0.5) is 13.2 Å². The van der Waals surface area contributed by atoms with Crippen molar-refractivity contribution >= 4 is 11.9 Å². The van der Waals surface area contributed by atoms with Crippen LogP contribution in [0.25, 0.3) is 0 Å². The number of carbonyl (C=O) groups is 2. The van der Waals surface area contributed by atoms with Crippen LogP contribution in [-0.4, -0.2) is 41.2 Å². The number of carboxylic acids is 1. The summed E-state index contributed by atoms with van der Waals surface area (Å²) < 4.78 is 44.1. The summed E-state index contributed by atoms with van der Waals surface area (Å²) in [4.78, 5) is 21.6. The van der Waals surface area contributed by atoms with Gasteiger partial charge in [0.15, 0.2) is 0 Å². The number of nitrogens with zero attached hydrogens (tertiary/aromatic N) is 1. The number of hydrogen-bond acceptors (Lipinski definition) is 4. The Morgan fingerprint density at radius 1 is 1.42 bits per heavy atom. The van der Waals surface area contributed by atoms with Crippen molar-refractivity contribution < 1.29 is 32.6 Å². The van der Waals surface area contributed by atoms with E-state index < -0.39 is 23.3 Å². The second-order valence-corrected chi connectivity index (χ2v) is 7.12. The van der Waals surface area contributed by atoms with Gasteiger partial charge in [-0.2, -0.15) is 13.2 Å². The Bertz CT molecular complexity index is 878. The Hall–Kier alpha value is -2.91. The second kappa shape index (κ2) is 9.93. The monoisotopic (exact) mass is 438 g/mol. The van der Waals surface area contributed by atoms with Gasteiger partial charge in [0.1, 0.15) is 5.60 Å². The van der Waals surface area contributed by atoms with E-state index >= 15 is 0 Å². The van der Waals surface area contributed by atoms with E-state index in [1.165, 1.54) is 11.1 Å². The number of carboxylic acid groups (broad SMARTS) is 1. The van der Waals surface area contributed by atoms with Crippen molar-refractivity contribution in [1.82, 2.24) is 10.4 Å². The average molecular weight is 438 g/mol. The van der Waals surface area contributed by atoms with Crippen molar-refractivity contribution in [3.8, 4) is 0 Å². The molecule has 0 radical (unpaired) electrons. The van der Waals surface area contributed by atoms with Crippen LogP contribution in [0.3, 0.4) is 0 Å². The third-order valence-corrected chi connectivity index (χ3v) is 5.12. The van der Waals surface area contributed by atoms with Crippen LogP contribution in [0.15, 0.2) is 61.2 Å². The second-order valence-electron chi connectivity index (χ2n) is 7.12. The molecule has 1 aromatic rings. The van der Waals surface area contributed by atoms with Gasteiger partial charge in [-0.25, -0.2) is 5.43 Å². The Morgan fingerprint density at radius 2 is 2.10 bits per heavy atom. The van der Waals surface area contributed by atoms with Crippen LogP contribution in [0.5, 0.6) is 0 Å². The molecule has 0 bridgehead atoms. The van der Waals surface area contributed by atoms with E-state index in [4.69, 9.17) is 14.6 Å². The lowest BCUT2D eigenvalue weighted by molar-refractivity contribution is -0.172. The predicted octanol–water partition coefficient (Wildman–Crippen LogP) is 3.57. The molecule has 2 aliphatic rings. The van der Waals surface area contributed by atoms with Crippen molar-refractivity contribution in [1.29, 1.82) is 0 Å². The predicted molar refractivity (Wildman–Crippen MR) is 109 cm³/mol. The summed E-state index contributed by atoms with van der Waals surface area (Å²) in [6.45, 7) is 5.43. The Morgan fingerprint density at radius 3 is 2.65 bits per heavy atom. The van der Waals surface area contributed by atoms with Crippen LogP contribution in [0, 0.1) is 11.8 Å². The zero-order valence-corrected chi connectivity index (χ0v) is 17.2. The maximum absolute atomic E-state index is 12.8. The highest BCUT2D eigenvalue weighted by molar-refractivity contribution is 5.86. The number of hydrogen-bond donors (Lipinski definition) is 2. The van der Waals surface area contributed by atoms with Gasteiger partial charge in [-0.05, 0) is 11.6 Å². The van der Waals surface area contributed by atoms with Crippen molar-refractivity contribution in [3.63, 3.8) is 0 Å². The number of amides is 1. The highest BCUT2D eigenvalue weighted by atomic mass is 19.4. The third-order valence-electron chi connectivity index (χ3n) is 5.12. The summed E-state index contributed by atoms with van der Waals surface area (Å²) in [6.07, 6.45) is 4.88. The van der Waals surface area contributed by atoms with E-state index in [1.807, 2.05) is 24.3 Å². The molecule has 1 fully saturated rings. The largest absolute Gasteiger partial charge is 0.481 e. The fraction of sp³-hybridized carbons (Fsp3) is 0.364. The Kier molecular flexibility index (Phi) is 7.80.